The van der Waals surface area contributed by atoms with E-state index < -0.39 is 0 Å². The van der Waals surface area contributed by atoms with Gasteiger partial charge in [-0.15, -0.1) is 0 Å². The average Bonchev–Trinajstić information content (AvgIpc) is 2.96. The van der Waals surface area contributed by atoms with Crippen molar-refractivity contribution in [1.82, 2.24) is 25.4 Å². The third-order valence-corrected chi connectivity index (χ3v) is 5.61. The third kappa shape index (κ3) is 3.42. The van der Waals surface area contributed by atoms with Gasteiger partial charge in [0.25, 0.3) is 0 Å². The van der Waals surface area contributed by atoms with E-state index in [0.717, 1.165) is 50.0 Å². The minimum absolute atomic E-state index is 0.150. The first kappa shape index (κ1) is 15.1. The monoisotopic (exact) mass is 317 g/mol. The van der Waals surface area contributed by atoms with Crippen molar-refractivity contribution in [2.75, 3.05) is 19.6 Å². The minimum Gasteiger partial charge on any atom is -0.351 e. The number of hydrogen-bond donors (Lipinski definition) is 2. The number of likely N-dealkylation sites (tertiary alicyclic amines) is 1. The highest BCUT2D eigenvalue weighted by Gasteiger charge is 2.40. The zero-order valence-corrected chi connectivity index (χ0v) is 13.9. The van der Waals surface area contributed by atoms with Crippen LogP contribution in [0.3, 0.4) is 0 Å². The summed E-state index contributed by atoms with van der Waals surface area (Å²) in [5.74, 6) is 3.26. The predicted molar refractivity (Wildman–Crippen MR) is 86.9 cm³/mol. The van der Waals surface area contributed by atoms with Crippen LogP contribution in [-0.4, -0.2) is 51.7 Å². The molecular formula is C17H27N5O. The third-order valence-electron chi connectivity index (χ3n) is 5.61. The van der Waals surface area contributed by atoms with Gasteiger partial charge in [-0.1, -0.05) is 12.8 Å². The quantitative estimate of drug-likeness (QED) is 0.865. The number of amides is 1. The molecule has 6 nitrogen and oxygen atoms in total. The van der Waals surface area contributed by atoms with E-state index in [-0.39, 0.29) is 23.8 Å². The normalized spacial score (nSPS) is 29.3. The molecular weight excluding hydrogens is 290 g/mol. The Morgan fingerprint density at radius 3 is 2.70 bits per heavy atom. The van der Waals surface area contributed by atoms with Crippen LogP contribution in [0.25, 0.3) is 0 Å². The van der Waals surface area contributed by atoms with Crippen molar-refractivity contribution in [1.29, 1.82) is 0 Å². The van der Waals surface area contributed by atoms with Crippen LogP contribution in [0.5, 0.6) is 0 Å². The van der Waals surface area contributed by atoms with Gasteiger partial charge in [0, 0.05) is 25.6 Å². The number of rotatable bonds is 5. The Morgan fingerprint density at radius 1 is 1.26 bits per heavy atom. The molecule has 2 atom stereocenters. The van der Waals surface area contributed by atoms with E-state index >= 15 is 0 Å². The van der Waals surface area contributed by atoms with Crippen LogP contribution in [0.2, 0.25) is 0 Å². The lowest BCUT2D eigenvalue weighted by Crippen LogP contribution is -2.42. The number of aromatic amines is 1. The molecule has 1 aliphatic heterocycles. The Balaban J connectivity index is 1.45. The summed E-state index contributed by atoms with van der Waals surface area (Å²) in [5, 5.41) is 10.6. The van der Waals surface area contributed by atoms with Gasteiger partial charge in [-0.05, 0) is 38.5 Å². The average molecular weight is 317 g/mol. The van der Waals surface area contributed by atoms with Crippen LogP contribution in [0.4, 0.5) is 0 Å². The van der Waals surface area contributed by atoms with E-state index in [9.17, 15) is 4.79 Å². The number of aryl methyl sites for hydroxylation is 1. The molecule has 126 valence electrons. The van der Waals surface area contributed by atoms with Crippen LogP contribution in [0.1, 0.15) is 56.1 Å². The van der Waals surface area contributed by atoms with E-state index in [2.05, 4.69) is 25.4 Å². The number of carbonyl (C=O) groups excluding carboxylic acids is 1. The molecule has 1 saturated heterocycles. The SMILES string of the molecule is Cc1nc([C@@H]2CN(CC3CC3)C[C@H]2NC(=O)C2CCCC2)n[nH]1. The van der Waals surface area contributed by atoms with Crippen LogP contribution >= 0.6 is 0 Å². The van der Waals surface area contributed by atoms with Crippen molar-refractivity contribution in [3.8, 4) is 0 Å². The van der Waals surface area contributed by atoms with Gasteiger partial charge in [0.15, 0.2) is 5.82 Å². The maximum Gasteiger partial charge on any atom is 0.223 e. The van der Waals surface area contributed by atoms with E-state index in [0.29, 0.717) is 0 Å². The van der Waals surface area contributed by atoms with Gasteiger partial charge in [0.1, 0.15) is 5.82 Å². The highest BCUT2D eigenvalue weighted by Crippen LogP contribution is 2.34. The van der Waals surface area contributed by atoms with Crippen molar-refractivity contribution in [3.05, 3.63) is 11.6 Å². The fraction of sp³-hybridized carbons (Fsp3) is 0.824. The van der Waals surface area contributed by atoms with E-state index in [1.807, 2.05) is 6.92 Å². The predicted octanol–water partition coefficient (Wildman–Crippen LogP) is 1.60. The highest BCUT2D eigenvalue weighted by molar-refractivity contribution is 5.79. The fourth-order valence-corrected chi connectivity index (χ4v) is 4.12. The van der Waals surface area contributed by atoms with Gasteiger partial charge in [0.2, 0.25) is 5.91 Å². The molecule has 2 N–H and O–H groups in total. The van der Waals surface area contributed by atoms with E-state index in [4.69, 9.17) is 0 Å². The second-order valence-electron chi connectivity index (χ2n) is 7.64. The lowest BCUT2D eigenvalue weighted by Gasteiger charge is -2.20. The van der Waals surface area contributed by atoms with Gasteiger partial charge in [-0.2, -0.15) is 5.10 Å². The molecule has 1 aromatic heterocycles. The summed E-state index contributed by atoms with van der Waals surface area (Å²) in [6, 6.07) is 0.150. The Kier molecular flexibility index (Phi) is 4.09. The van der Waals surface area contributed by atoms with Gasteiger partial charge >= 0.3 is 0 Å². The van der Waals surface area contributed by atoms with Crippen LogP contribution < -0.4 is 5.32 Å². The van der Waals surface area contributed by atoms with E-state index in [1.165, 1.54) is 25.7 Å². The first-order valence-corrected chi connectivity index (χ1v) is 9.10. The summed E-state index contributed by atoms with van der Waals surface area (Å²) in [5.41, 5.74) is 0. The molecule has 3 aliphatic rings. The number of nitrogens with one attached hydrogen (secondary N) is 2. The summed E-state index contributed by atoms with van der Waals surface area (Å²) >= 11 is 0. The van der Waals surface area contributed by atoms with Gasteiger partial charge < -0.3 is 10.2 Å². The van der Waals surface area contributed by atoms with Crippen LogP contribution in [0, 0.1) is 18.8 Å². The summed E-state index contributed by atoms with van der Waals surface area (Å²) in [4.78, 5) is 19.6. The molecule has 1 aromatic rings. The molecule has 2 heterocycles. The van der Waals surface area contributed by atoms with Crippen LogP contribution in [-0.2, 0) is 4.79 Å². The number of hydrogen-bond acceptors (Lipinski definition) is 4. The standard InChI is InChI=1S/C17H27N5O/c1-11-18-16(21-20-11)14-9-22(8-12-6-7-12)10-15(14)19-17(23)13-4-2-3-5-13/h12-15H,2-10H2,1H3,(H,19,23)(H,18,20,21)/t14-,15-/m1/s1. The van der Waals surface area contributed by atoms with Crippen molar-refractivity contribution in [2.24, 2.45) is 11.8 Å². The van der Waals surface area contributed by atoms with Crippen molar-refractivity contribution >= 4 is 5.91 Å². The number of nitrogens with zero attached hydrogens (tertiary/aromatic N) is 3. The molecule has 2 aliphatic carbocycles. The summed E-state index contributed by atoms with van der Waals surface area (Å²) < 4.78 is 0. The Hall–Kier alpha value is -1.43. The van der Waals surface area contributed by atoms with Gasteiger partial charge in [-0.25, -0.2) is 4.98 Å². The molecule has 0 unspecified atom stereocenters. The number of aromatic nitrogens is 3. The lowest BCUT2D eigenvalue weighted by molar-refractivity contribution is -0.125. The van der Waals surface area contributed by atoms with Crippen LogP contribution in [0.15, 0.2) is 0 Å². The molecule has 3 fully saturated rings. The summed E-state index contributed by atoms with van der Waals surface area (Å²) in [6.45, 7) is 4.99. The molecule has 0 spiro atoms. The topological polar surface area (TPSA) is 73.9 Å². The maximum absolute atomic E-state index is 12.5. The van der Waals surface area contributed by atoms with Crippen molar-refractivity contribution in [3.63, 3.8) is 0 Å². The summed E-state index contributed by atoms with van der Waals surface area (Å²) in [7, 11) is 0. The Morgan fingerprint density at radius 2 is 2.04 bits per heavy atom. The Labute approximate surface area is 137 Å². The fourth-order valence-electron chi connectivity index (χ4n) is 4.12. The largest absolute Gasteiger partial charge is 0.351 e. The minimum atomic E-state index is 0.150. The zero-order chi connectivity index (χ0) is 15.8. The molecule has 0 bridgehead atoms. The highest BCUT2D eigenvalue weighted by atomic mass is 16.2. The smallest absolute Gasteiger partial charge is 0.223 e. The first-order valence-electron chi connectivity index (χ1n) is 9.10. The Bertz CT molecular complexity index is 561. The molecule has 6 heteroatoms. The molecule has 0 radical (unpaired) electrons. The van der Waals surface area contributed by atoms with Crippen molar-refractivity contribution in [2.45, 2.75) is 57.4 Å². The molecule has 1 amide bonds. The van der Waals surface area contributed by atoms with Gasteiger partial charge in [0.05, 0.1) is 12.0 Å². The summed E-state index contributed by atoms with van der Waals surface area (Å²) in [6.07, 6.45) is 7.21. The second kappa shape index (κ2) is 6.23. The van der Waals surface area contributed by atoms with Crippen molar-refractivity contribution < 1.29 is 4.79 Å². The molecule has 2 saturated carbocycles. The molecule has 23 heavy (non-hydrogen) atoms. The lowest BCUT2D eigenvalue weighted by atomic mass is 10.0. The van der Waals surface area contributed by atoms with E-state index in [1.54, 1.807) is 0 Å². The number of carbonyl (C=O) groups is 1. The number of H-pyrrole nitrogens is 1. The zero-order valence-electron chi connectivity index (χ0n) is 13.9. The maximum atomic E-state index is 12.5. The first-order chi connectivity index (χ1) is 11.2. The molecule has 4 rings (SSSR count). The molecule has 0 aromatic carbocycles. The van der Waals surface area contributed by atoms with Gasteiger partial charge in [-0.3, -0.25) is 9.89 Å². The second-order valence-corrected chi connectivity index (χ2v) is 7.64.